The van der Waals surface area contributed by atoms with Gasteiger partial charge in [-0.3, -0.25) is 10.1 Å². The minimum absolute atomic E-state index is 0.00370. The molecule has 2 aromatic carbocycles. The standard InChI is InChI=1S/C21H20N2O4/c1-14-13-21(2,3)22-19-10-9-17(12-18(14)19)27-20(24)11-6-15-4-7-16(8-5-15)23(25)26/h4-13,22H,1-3H3. The van der Waals surface area contributed by atoms with Crippen molar-refractivity contribution in [2.24, 2.45) is 0 Å². The molecule has 0 saturated carbocycles. The van der Waals surface area contributed by atoms with E-state index in [-0.39, 0.29) is 11.2 Å². The topological polar surface area (TPSA) is 81.5 Å². The second kappa shape index (κ2) is 7.07. The Morgan fingerprint density at radius 1 is 1.19 bits per heavy atom. The number of nitro benzene ring substituents is 1. The number of nitro groups is 1. The highest BCUT2D eigenvalue weighted by atomic mass is 16.6. The first-order chi connectivity index (χ1) is 12.7. The van der Waals surface area contributed by atoms with Crippen LogP contribution >= 0.6 is 0 Å². The summed E-state index contributed by atoms with van der Waals surface area (Å²) in [7, 11) is 0. The average molecular weight is 364 g/mol. The number of carbonyl (C=O) groups excluding carboxylic acids is 1. The lowest BCUT2D eigenvalue weighted by atomic mass is 9.91. The van der Waals surface area contributed by atoms with Crippen LogP contribution in [0, 0.1) is 10.1 Å². The molecule has 0 fully saturated rings. The number of benzene rings is 2. The lowest BCUT2D eigenvalue weighted by molar-refractivity contribution is -0.384. The summed E-state index contributed by atoms with van der Waals surface area (Å²) in [6.07, 6.45) is 4.99. The highest BCUT2D eigenvalue weighted by Gasteiger charge is 2.22. The van der Waals surface area contributed by atoms with Gasteiger partial charge in [0.25, 0.3) is 5.69 Å². The van der Waals surface area contributed by atoms with Crippen LogP contribution < -0.4 is 10.1 Å². The molecule has 0 aromatic heterocycles. The van der Waals surface area contributed by atoms with Crippen molar-refractivity contribution in [3.05, 3.63) is 75.9 Å². The first-order valence-corrected chi connectivity index (χ1v) is 8.50. The van der Waals surface area contributed by atoms with Crippen molar-refractivity contribution < 1.29 is 14.5 Å². The Morgan fingerprint density at radius 3 is 2.56 bits per heavy atom. The fourth-order valence-electron chi connectivity index (χ4n) is 3.05. The van der Waals surface area contributed by atoms with Gasteiger partial charge in [-0.2, -0.15) is 0 Å². The molecule has 2 aromatic rings. The summed E-state index contributed by atoms with van der Waals surface area (Å²) < 4.78 is 5.38. The van der Waals surface area contributed by atoms with Gasteiger partial charge < -0.3 is 10.1 Å². The lowest BCUT2D eigenvalue weighted by Gasteiger charge is -2.31. The van der Waals surface area contributed by atoms with E-state index < -0.39 is 10.9 Å². The lowest BCUT2D eigenvalue weighted by Crippen LogP contribution is -2.31. The van der Waals surface area contributed by atoms with E-state index in [1.807, 2.05) is 19.1 Å². The van der Waals surface area contributed by atoms with Gasteiger partial charge in [-0.1, -0.05) is 6.08 Å². The number of carbonyl (C=O) groups is 1. The molecule has 6 nitrogen and oxygen atoms in total. The Morgan fingerprint density at radius 2 is 1.89 bits per heavy atom. The molecule has 6 heteroatoms. The van der Waals surface area contributed by atoms with Crippen LogP contribution in [0.4, 0.5) is 11.4 Å². The molecule has 0 unspecified atom stereocenters. The third-order valence-electron chi connectivity index (χ3n) is 4.18. The van der Waals surface area contributed by atoms with Crippen LogP contribution in [-0.2, 0) is 4.79 Å². The highest BCUT2D eigenvalue weighted by Crippen LogP contribution is 2.35. The van der Waals surface area contributed by atoms with Crippen LogP contribution in [0.5, 0.6) is 5.75 Å². The van der Waals surface area contributed by atoms with Gasteiger partial charge in [0.05, 0.1) is 10.5 Å². The minimum Gasteiger partial charge on any atom is -0.423 e. The van der Waals surface area contributed by atoms with Crippen molar-refractivity contribution in [2.45, 2.75) is 26.3 Å². The van der Waals surface area contributed by atoms with Crippen LogP contribution in [0.25, 0.3) is 11.6 Å². The van der Waals surface area contributed by atoms with Crippen molar-refractivity contribution >= 4 is 29.0 Å². The van der Waals surface area contributed by atoms with Crippen molar-refractivity contribution in [1.82, 2.24) is 0 Å². The summed E-state index contributed by atoms with van der Waals surface area (Å²) in [5.41, 5.74) is 3.67. The van der Waals surface area contributed by atoms with Crippen molar-refractivity contribution in [3.63, 3.8) is 0 Å². The molecule has 1 heterocycles. The van der Waals surface area contributed by atoms with Gasteiger partial charge >= 0.3 is 5.97 Å². The summed E-state index contributed by atoms with van der Waals surface area (Å²) in [5, 5.41) is 14.1. The Kier molecular flexibility index (Phi) is 4.81. The van der Waals surface area contributed by atoms with Gasteiger partial charge in [-0.25, -0.2) is 4.79 Å². The number of anilines is 1. The minimum atomic E-state index is -0.515. The van der Waals surface area contributed by atoms with Crippen LogP contribution in [0.15, 0.2) is 54.6 Å². The molecule has 1 N–H and O–H groups in total. The number of nitrogens with one attached hydrogen (secondary N) is 1. The van der Waals surface area contributed by atoms with Crippen molar-refractivity contribution in [3.8, 4) is 5.75 Å². The number of hydrogen-bond donors (Lipinski definition) is 1. The molecular weight excluding hydrogens is 344 g/mol. The van der Waals surface area contributed by atoms with Gasteiger partial charge in [0.1, 0.15) is 5.75 Å². The predicted octanol–water partition coefficient (Wildman–Crippen LogP) is 4.82. The smallest absolute Gasteiger partial charge is 0.336 e. The molecule has 0 atom stereocenters. The number of hydrogen-bond acceptors (Lipinski definition) is 5. The summed E-state index contributed by atoms with van der Waals surface area (Å²) in [4.78, 5) is 22.2. The van der Waals surface area contributed by atoms with Crippen LogP contribution in [0.1, 0.15) is 31.9 Å². The Hall–Kier alpha value is -3.41. The van der Waals surface area contributed by atoms with E-state index >= 15 is 0 Å². The first kappa shape index (κ1) is 18.4. The maximum absolute atomic E-state index is 12.1. The fourth-order valence-corrected chi connectivity index (χ4v) is 3.05. The third-order valence-corrected chi connectivity index (χ3v) is 4.18. The maximum atomic E-state index is 12.1. The molecule has 3 rings (SSSR count). The molecule has 1 aliphatic rings. The molecule has 0 saturated heterocycles. The van der Waals surface area contributed by atoms with E-state index in [2.05, 4.69) is 25.2 Å². The summed E-state index contributed by atoms with van der Waals surface area (Å²) in [6, 6.07) is 11.4. The average Bonchev–Trinajstić information content (AvgIpc) is 2.60. The Balaban J connectivity index is 1.70. The van der Waals surface area contributed by atoms with E-state index in [1.165, 1.54) is 18.2 Å². The van der Waals surface area contributed by atoms with Crippen molar-refractivity contribution in [1.29, 1.82) is 0 Å². The van der Waals surface area contributed by atoms with E-state index in [0.29, 0.717) is 11.3 Å². The number of fused-ring (bicyclic) bond motifs is 1. The molecule has 1 aliphatic heterocycles. The van der Waals surface area contributed by atoms with Crippen LogP contribution in [0.3, 0.4) is 0 Å². The number of rotatable bonds is 4. The zero-order valence-electron chi connectivity index (χ0n) is 15.4. The molecule has 0 spiro atoms. The monoisotopic (exact) mass is 364 g/mol. The quantitative estimate of drug-likeness (QED) is 0.276. The van der Waals surface area contributed by atoms with Gasteiger partial charge in [-0.05, 0) is 68.3 Å². The molecule has 0 amide bonds. The Bertz CT molecular complexity index is 957. The molecular formula is C21H20N2O4. The number of esters is 1. The second-order valence-electron chi connectivity index (χ2n) is 6.98. The largest absolute Gasteiger partial charge is 0.423 e. The summed E-state index contributed by atoms with van der Waals surface area (Å²) >= 11 is 0. The van der Waals surface area contributed by atoms with Crippen LogP contribution in [-0.4, -0.2) is 16.4 Å². The highest BCUT2D eigenvalue weighted by molar-refractivity contribution is 5.89. The van der Waals surface area contributed by atoms with E-state index in [4.69, 9.17) is 4.74 Å². The molecule has 0 bridgehead atoms. The molecule has 27 heavy (non-hydrogen) atoms. The summed E-state index contributed by atoms with van der Waals surface area (Å²) in [6.45, 7) is 6.22. The predicted molar refractivity (Wildman–Crippen MR) is 106 cm³/mol. The van der Waals surface area contributed by atoms with Gasteiger partial charge in [-0.15, -0.1) is 0 Å². The normalized spacial score (nSPS) is 14.9. The Labute approximate surface area is 157 Å². The number of nitrogens with zero attached hydrogens (tertiary/aromatic N) is 1. The van der Waals surface area contributed by atoms with Gasteiger partial charge in [0.2, 0.25) is 0 Å². The maximum Gasteiger partial charge on any atom is 0.336 e. The molecule has 138 valence electrons. The molecule has 0 radical (unpaired) electrons. The number of non-ortho nitro benzene ring substituents is 1. The number of ether oxygens (including phenoxy) is 1. The van der Waals surface area contributed by atoms with Gasteiger partial charge in [0.15, 0.2) is 0 Å². The van der Waals surface area contributed by atoms with Crippen molar-refractivity contribution in [2.75, 3.05) is 5.32 Å². The van der Waals surface area contributed by atoms with Crippen LogP contribution in [0.2, 0.25) is 0 Å². The third kappa shape index (κ3) is 4.41. The van der Waals surface area contributed by atoms with Gasteiger partial charge in [0, 0.05) is 29.5 Å². The first-order valence-electron chi connectivity index (χ1n) is 8.50. The SMILES string of the molecule is CC1=CC(C)(C)Nc2ccc(OC(=O)C=Cc3ccc([N+](=O)[O-])cc3)cc21. The second-order valence-corrected chi connectivity index (χ2v) is 6.98. The van der Waals surface area contributed by atoms with E-state index in [0.717, 1.165) is 16.8 Å². The zero-order chi connectivity index (χ0) is 19.6. The fraction of sp³-hybridized carbons (Fsp3) is 0.190. The summed E-state index contributed by atoms with van der Waals surface area (Å²) in [5.74, 6) is -0.0552. The number of allylic oxidation sites excluding steroid dienone is 1. The molecule has 0 aliphatic carbocycles. The van der Waals surface area contributed by atoms with E-state index in [9.17, 15) is 14.9 Å². The van der Waals surface area contributed by atoms with E-state index in [1.54, 1.807) is 24.3 Å². The zero-order valence-corrected chi connectivity index (χ0v) is 15.4.